The molecule has 1 aromatic rings. The molecule has 1 aromatic carbocycles. The summed E-state index contributed by atoms with van der Waals surface area (Å²) in [5.41, 5.74) is 1.29. The summed E-state index contributed by atoms with van der Waals surface area (Å²) in [5.74, 6) is 0.948. The van der Waals surface area contributed by atoms with Crippen LogP contribution in [0.5, 0.6) is 5.75 Å². The second-order valence-electron chi connectivity index (χ2n) is 3.70. The van der Waals surface area contributed by atoms with Crippen LogP contribution in [0.1, 0.15) is 25.3 Å². The summed E-state index contributed by atoms with van der Waals surface area (Å²) < 4.78 is 5.60. The number of nitrogens with one attached hydrogen (secondary N) is 1. The Labute approximate surface area is 98.3 Å². The first kappa shape index (κ1) is 12.8. The predicted octanol–water partition coefficient (Wildman–Crippen LogP) is 3.14. The first-order valence-electron chi connectivity index (χ1n) is 5.90. The Bertz CT molecular complexity index is 292. The first-order valence-corrected chi connectivity index (χ1v) is 5.90. The fourth-order valence-electron chi connectivity index (χ4n) is 1.39. The molecule has 0 saturated heterocycles. The Kier molecular flexibility index (Phi) is 6.35. The lowest BCUT2D eigenvalue weighted by atomic mass is 10.2. The van der Waals surface area contributed by atoms with Crippen LogP contribution < -0.4 is 10.1 Å². The van der Waals surface area contributed by atoms with E-state index < -0.39 is 0 Å². The molecule has 0 aliphatic carbocycles. The Morgan fingerprint density at radius 3 is 2.69 bits per heavy atom. The topological polar surface area (TPSA) is 21.3 Å². The molecule has 0 aliphatic heterocycles. The van der Waals surface area contributed by atoms with Gasteiger partial charge in [0, 0.05) is 6.54 Å². The van der Waals surface area contributed by atoms with Crippen molar-refractivity contribution in [3.63, 3.8) is 0 Å². The van der Waals surface area contributed by atoms with E-state index in [2.05, 4.69) is 31.0 Å². The highest BCUT2D eigenvalue weighted by Crippen LogP contribution is 2.12. The standard InChI is InChI=1S/C14H21NO/c1-3-5-6-11-16-14-9-7-13(8-10-14)12-15-4-2/h3,7-10,15H,1,4-6,11-12H2,2H3. The zero-order valence-electron chi connectivity index (χ0n) is 10.0. The van der Waals surface area contributed by atoms with E-state index in [1.165, 1.54) is 5.56 Å². The van der Waals surface area contributed by atoms with Crippen molar-refractivity contribution in [2.24, 2.45) is 0 Å². The van der Waals surface area contributed by atoms with Gasteiger partial charge in [0.2, 0.25) is 0 Å². The molecule has 0 aliphatic rings. The van der Waals surface area contributed by atoms with E-state index in [9.17, 15) is 0 Å². The van der Waals surface area contributed by atoms with Crippen LogP contribution >= 0.6 is 0 Å². The van der Waals surface area contributed by atoms with Crippen molar-refractivity contribution in [3.8, 4) is 5.75 Å². The number of hydrogen-bond acceptors (Lipinski definition) is 2. The summed E-state index contributed by atoms with van der Waals surface area (Å²) in [5, 5.41) is 3.29. The van der Waals surface area contributed by atoms with Gasteiger partial charge >= 0.3 is 0 Å². The Balaban J connectivity index is 2.30. The molecule has 2 nitrogen and oxygen atoms in total. The molecule has 0 atom stereocenters. The molecular formula is C14H21NO. The molecule has 0 bridgehead atoms. The number of unbranched alkanes of at least 4 members (excludes halogenated alkanes) is 1. The Morgan fingerprint density at radius 1 is 1.31 bits per heavy atom. The molecule has 2 heteroatoms. The molecule has 0 unspecified atom stereocenters. The van der Waals surface area contributed by atoms with E-state index in [1.807, 2.05) is 18.2 Å². The fraction of sp³-hybridized carbons (Fsp3) is 0.429. The van der Waals surface area contributed by atoms with Gasteiger partial charge in [-0.15, -0.1) is 6.58 Å². The highest BCUT2D eigenvalue weighted by molar-refractivity contribution is 5.27. The summed E-state index contributed by atoms with van der Waals surface area (Å²) in [6.45, 7) is 8.48. The van der Waals surface area contributed by atoms with Gasteiger partial charge in [0.25, 0.3) is 0 Å². The summed E-state index contributed by atoms with van der Waals surface area (Å²) >= 11 is 0. The normalized spacial score (nSPS) is 10.1. The third-order valence-corrected chi connectivity index (χ3v) is 2.32. The maximum Gasteiger partial charge on any atom is 0.119 e. The van der Waals surface area contributed by atoms with Gasteiger partial charge in [-0.1, -0.05) is 25.1 Å². The van der Waals surface area contributed by atoms with Gasteiger partial charge in [0.1, 0.15) is 5.75 Å². The smallest absolute Gasteiger partial charge is 0.119 e. The quantitative estimate of drug-likeness (QED) is 0.535. The van der Waals surface area contributed by atoms with Gasteiger partial charge in [-0.3, -0.25) is 0 Å². The molecule has 16 heavy (non-hydrogen) atoms. The molecule has 0 amide bonds. The van der Waals surface area contributed by atoms with Crippen LogP contribution in [0, 0.1) is 0 Å². The molecule has 0 aromatic heterocycles. The van der Waals surface area contributed by atoms with E-state index >= 15 is 0 Å². The summed E-state index contributed by atoms with van der Waals surface area (Å²) in [6, 6.07) is 8.26. The van der Waals surface area contributed by atoms with E-state index in [1.54, 1.807) is 0 Å². The molecular weight excluding hydrogens is 198 g/mol. The Morgan fingerprint density at radius 2 is 2.06 bits per heavy atom. The van der Waals surface area contributed by atoms with Crippen molar-refractivity contribution in [1.82, 2.24) is 5.32 Å². The number of ether oxygens (including phenoxy) is 1. The van der Waals surface area contributed by atoms with E-state index in [-0.39, 0.29) is 0 Å². The van der Waals surface area contributed by atoms with Crippen LogP contribution in [0.4, 0.5) is 0 Å². The van der Waals surface area contributed by atoms with E-state index in [0.29, 0.717) is 0 Å². The van der Waals surface area contributed by atoms with Gasteiger partial charge in [-0.2, -0.15) is 0 Å². The van der Waals surface area contributed by atoms with Crippen LogP contribution in [0.15, 0.2) is 36.9 Å². The molecule has 0 saturated carbocycles. The zero-order valence-corrected chi connectivity index (χ0v) is 10.0. The molecule has 0 heterocycles. The maximum atomic E-state index is 5.60. The third kappa shape index (κ3) is 4.99. The average molecular weight is 219 g/mol. The summed E-state index contributed by atoms with van der Waals surface area (Å²) in [7, 11) is 0. The lowest BCUT2D eigenvalue weighted by Crippen LogP contribution is -2.11. The molecule has 88 valence electrons. The maximum absolute atomic E-state index is 5.60. The summed E-state index contributed by atoms with van der Waals surface area (Å²) in [6.07, 6.45) is 3.96. The van der Waals surface area contributed by atoms with Crippen LogP contribution in [-0.2, 0) is 6.54 Å². The van der Waals surface area contributed by atoms with Crippen LogP contribution in [0.2, 0.25) is 0 Å². The zero-order chi connectivity index (χ0) is 11.6. The highest BCUT2D eigenvalue weighted by Gasteiger charge is 1.94. The monoisotopic (exact) mass is 219 g/mol. The largest absolute Gasteiger partial charge is 0.494 e. The molecule has 0 spiro atoms. The first-order chi connectivity index (χ1) is 7.86. The van der Waals surface area contributed by atoms with E-state index in [4.69, 9.17) is 4.74 Å². The Hall–Kier alpha value is -1.28. The predicted molar refractivity (Wildman–Crippen MR) is 68.7 cm³/mol. The lowest BCUT2D eigenvalue weighted by molar-refractivity contribution is 0.312. The van der Waals surface area contributed by atoms with Gasteiger partial charge in [0.05, 0.1) is 6.61 Å². The van der Waals surface area contributed by atoms with Crippen LogP contribution in [0.25, 0.3) is 0 Å². The van der Waals surface area contributed by atoms with Crippen molar-refractivity contribution in [2.45, 2.75) is 26.3 Å². The molecule has 0 fully saturated rings. The summed E-state index contributed by atoms with van der Waals surface area (Å²) in [4.78, 5) is 0. The van der Waals surface area contributed by atoms with Crippen LogP contribution in [0.3, 0.4) is 0 Å². The van der Waals surface area contributed by atoms with Crippen molar-refractivity contribution in [3.05, 3.63) is 42.5 Å². The molecule has 1 N–H and O–H groups in total. The number of allylic oxidation sites excluding steroid dienone is 1. The van der Waals surface area contributed by atoms with Crippen LogP contribution in [-0.4, -0.2) is 13.2 Å². The van der Waals surface area contributed by atoms with Gasteiger partial charge in [-0.25, -0.2) is 0 Å². The van der Waals surface area contributed by atoms with Gasteiger partial charge < -0.3 is 10.1 Å². The minimum absolute atomic E-state index is 0.762. The van der Waals surface area contributed by atoms with E-state index in [0.717, 1.165) is 38.3 Å². The van der Waals surface area contributed by atoms with Crippen molar-refractivity contribution >= 4 is 0 Å². The minimum atomic E-state index is 0.762. The SMILES string of the molecule is C=CCCCOc1ccc(CNCC)cc1. The number of rotatable bonds is 8. The van der Waals surface area contributed by atoms with Crippen molar-refractivity contribution in [1.29, 1.82) is 0 Å². The average Bonchev–Trinajstić information content (AvgIpc) is 2.33. The van der Waals surface area contributed by atoms with Gasteiger partial charge in [-0.05, 0) is 37.1 Å². The second-order valence-corrected chi connectivity index (χ2v) is 3.70. The highest BCUT2D eigenvalue weighted by atomic mass is 16.5. The van der Waals surface area contributed by atoms with Crippen molar-refractivity contribution in [2.75, 3.05) is 13.2 Å². The second kappa shape index (κ2) is 7.94. The van der Waals surface area contributed by atoms with Gasteiger partial charge in [0.15, 0.2) is 0 Å². The third-order valence-electron chi connectivity index (χ3n) is 2.32. The molecule has 1 rings (SSSR count). The van der Waals surface area contributed by atoms with Crippen molar-refractivity contribution < 1.29 is 4.74 Å². The lowest BCUT2D eigenvalue weighted by Gasteiger charge is -2.06. The number of benzene rings is 1. The molecule has 0 radical (unpaired) electrons. The fourth-order valence-corrected chi connectivity index (χ4v) is 1.39. The minimum Gasteiger partial charge on any atom is -0.494 e. The number of hydrogen-bond donors (Lipinski definition) is 1.